The minimum Gasteiger partial charge on any atom is -0.423 e. The molecule has 27 heavy (non-hydrogen) atoms. The van der Waals surface area contributed by atoms with Crippen molar-refractivity contribution in [1.29, 1.82) is 0 Å². The normalized spacial score (nSPS) is 17.4. The van der Waals surface area contributed by atoms with E-state index in [-0.39, 0.29) is 18.4 Å². The highest BCUT2D eigenvalue weighted by Crippen LogP contribution is 2.28. The topological polar surface area (TPSA) is 97.3 Å². The van der Waals surface area contributed by atoms with Crippen LogP contribution in [0.5, 0.6) is 0 Å². The van der Waals surface area contributed by atoms with Crippen LogP contribution in [0, 0.1) is 5.92 Å². The number of amides is 1. The van der Waals surface area contributed by atoms with Gasteiger partial charge in [-0.3, -0.25) is 4.79 Å². The monoisotopic (exact) mass is 389 g/mol. The quantitative estimate of drug-likeness (QED) is 0.716. The van der Waals surface area contributed by atoms with E-state index >= 15 is 0 Å². The maximum Gasteiger partial charge on any atom is 0.298 e. The van der Waals surface area contributed by atoms with Crippen molar-refractivity contribution in [2.75, 3.05) is 18.0 Å². The number of fused-ring (bicyclic) bond motifs is 1. The van der Waals surface area contributed by atoms with Crippen molar-refractivity contribution in [1.82, 2.24) is 20.4 Å². The molecule has 2 aromatic heterocycles. The molecule has 0 saturated carbocycles. The van der Waals surface area contributed by atoms with Gasteiger partial charge in [0.25, 0.3) is 6.01 Å². The molecule has 1 N–H and O–H groups in total. The third kappa shape index (κ3) is 3.90. The molecule has 1 aliphatic heterocycles. The van der Waals surface area contributed by atoms with Crippen LogP contribution in [0.3, 0.4) is 0 Å². The van der Waals surface area contributed by atoms with Crippen LogP contribution in [0.1, 0.15) is 31.5 Å². The summed E-state index contributed by atoms with van der Waals surface area (Å²) in [6.07, 6.45) is 2.38. The number of piperidine rings is 1. The number of aryl methyl sites for hydroxylation is 1. The van der Waals surface area contributed by atoms with Gasteiger partial charge in [0.2, 0.25) is 11.8 Å². The predicted molar refractivity (Wildman–Crippen MR) is 99.5 cm³/mol. The zero-order valence-electron chi connectivity index (χ0n) is 14.9. The number of nitrogens with zero attached hydrogens (tertiary/aromatic N) is 4. The van der Waals surface area contributed by atoms with Gasteiger partial charge in [0.1, 0.15) is 5.52 Å². The highest BCUT2D eigenvalue weighted by Gasteiger charge is 2.28. The number of halogens is 1. The lowest BCUT2D eigenvalue weighted by atomic mass is 9.97. The Labute approximate surface area is 160 Å². The standard InChI is InChI=1S/C18H20ClN5O3/c1-2-16-22-15(23-27-16)9-20-17(25)11-4-3-7-24(10-11)18-21-13-8-12(19)5-6-14(13)26-18/h5-6,8,11H,2-4,7,9-10H2,1H3,(H,20,25). The average Bonchev–Trinajstić information content (AvgIpc) is 3.32. The third-order valence-corrected chi connectivity index (χ3v) is 4.87. The molecule has 1 unspecified atom stereocenters. The summed E-state index contributed by atoms with van der Waals surface area (Å²) >= 11 is 6.01. The number of hydrogen-bond donors (Lipinski definition) is 1. The Hall–Kier alpha value is -2.61. The Morgan fingerprint density at radius 1 is 1.41 bits per heavy atom. The fourth-order valence-electron chi connectivity index (χ4n) is 3.20. The van der Waals surface area contributed by atoms with Gasteiger partial charge in [-0.05, 0) is 31.0 Å². The zero-order valence-corrected chi connectivity index (χ0v) is 15.7. The summed E-state index contributed by atoms with van der Waals surface area (Å²) in [6.45, 7) is 3.56. The van der Waals surface area contributed by atoms with Crippen LogP contribution in [0.2, 0.25) is 5.02 Å². The number of hydrogen-bond acceptors (Lipinski definition) is 7. The summed E-state index contributed by atoms with van der Waals surface area (Å²) in [5.74, 6) is 0.888. The third-order valence-electron chi connectivity index (χ3n) is 4.63. The van der Waals surface area contributed by atoms with Crippen LogP contribution < -0.4 is 10.2 Å². The molecule has 0 aliphatic carbocycles. The van der Waals surface area contributed by atoms with Gasteiger partial charge in [0, 0.05) is 24.5 Å². The molecule has 9 heteroatoms. The van der Waals surface area contributed by atoms with E-state index in [0.717, 1.165) is 19.4 Å². The van der Waals surface area contributed by atoms with E-state index in [0.29, 0.717) is 46.8 Å². The van der Waals surface area contributed by atoms with Gasteiger partial charge < -0.3 is 19.2 Å². The highest BCUT2D eigenvalue weighted by molar-refractivity contribution is 6.31. The van der Waals surface area contributed by atoms with Crippen LogP contribution in [-0.2, 0) is 17.8 Å². The van der Waals surface area contributed by atoms with E-state index < -0.39 is 0 Å². The minimum absolute atomic E-state index is 0.0262. The van der Waals surface area contributed by atoms with Gasteiger partial charge in [-0.25, -0.2) is 0 Å². The van der Waals surface area contributed by atoms with Gasteiger partial charge in [0.15, 0.2) is 11.4 Å². The molecule has 0 radical (unpaired) electrons. The Bertz CT molecular complexity index is 954. The van der Waals surface area contributed by atoms with Crippen molar-refractivity contribution in [3.05, 3.63) is 34.9 Å². The highest BCUT2D eigenvalue weighted by atomic mass is 35.5. The number of rotatable bonds is 5. The first-order chi connectivity index (χ1) is 13.1. The maximum atomic E-state index is 12.5. The Morgan fingerprint density at radius 2 is 2.30 bits per heavy atom. The minimum atomic E-state index is -0.144. The van der Waals surface area contributed by atoms with Crippen molar-refractivity contribution in [2.45, 2.75) is 32.7 Å². The molecule has 1 fully saturated rings. The molecule has 0 spiro atoms. The molecule has 3 aromatic rings. The Kier molecular flexibility index (Phi) is 4.98. The molecule has 8 nitrogen and oxygen atoms in total. The average molecular weight is 390 g/mol. The van der Waals surface area contributed by atoms with Crippen LogP contribution in [0.4, 0.5) is 6.01 Å². The second-order valence-electron chi connectivity index (χ2n) is 6.57. The molecule has 4 rings (SSSR count). The number of oxazole rings is 1. The Morgan fingerprint density at radius 3 is 3.11 bits per heavy atom. The van der Waals surface area contributed by atoms with Crippen molar-refractivity contribution in [3.63, 3.8) is 0 Å². The first kappa shape index (κ1) is 17.8. The molecule has 1 aromatic carbocycles. The second kappa shape index (κ2) is 7.56. The maximum absolute atomic E-state index is 12.5. The SMILES string of the molecule is CCc1nc(CNC(=O)C2CCCN(c3nc4cc(Cl)ccc4o3)C2)no1. The molecule has 142 valence electrons. The lowest BCUT2D eigenvalue weighted by Gasteiger charge is -2.30. The molecular weight excluding hydrogens is 370 g/mol. The van der Waals surface area contributed by atoms with Crippen LogP contribution in [0.15, 0.2) is 27.1 Å². The number of nitrogens with one attached hydrogen (secondary N) is 1. The number of carbonyl (C=O) groups excluding carboxylic acids is 1. The van der Waals surface area contributed by atoms with Crippen molar-refractivity contribution >= 4 is 34.6 Å². The molecule has 1 atom stereocenters. The number of benzene rings is 1. The van der Waals surface area contributed by atoms with Crippen molar-refractivity contribution < 1.29 is 13.7 Å². The van der Waals surface area contributed by atoms with Gasteiger partial charge in [-0.1, -0.05) is 23.7 Å². The van der Waals surface area contributed by atoms with E-state index in [4.69, 9.17) is 20.5 Å². The van der Waals surface area contributed by atoms with Gasteiger partial charge in [-0.2, -0.15) is 9.97 Å². The summed E-state index contributed by atoms with van der Waals surface area (Å²) in [5.41, 5.74) is 1.40. The lowest BCUT2D eigenvalue weighted by molar-refractivity contribution is -0.125. The van der Waals surface area contributed by atoms with Gasteiger partial charge in [0.05, 0.1) is 12.5 Å². The van der Waals surface area contributed by atoms with E-state index in [1.807, 2.05) is 11.8 Å². The summed E-state index contributed by atoms with van der Waals surface area (Å²) in [6, 6.07) is 5.87. The van der Waals surface area contributed by atoms with E-state index in [1.165, 1.54) is 0 Å². The van der Waals surface area contributed by atoms with Crippen molar-refractivity contribution in [2.24, 2.45) is 5.92 Å². The zero-order chi connectivity index (χ0) is 18.8. The predicted octanol–water partition coefficient (Wildman–Crippen LogP) is 2.96. The van der Waals surface area contributed by atoms with E-state index in [2.05, 4.69) is 20.4 Å². The van der Waals surface area contributed by atoms with Gasteiger partial charge >= 0.3 is 0 Å². The first-order valence-corrected chi connectivity index (χ1v) is 9.40. The smallest absolute Gasteiger partial charge is 0.298 e. The van der Waals surface area contributed by atoms with E-state index in [9.17, 15) is 4.79 Å². The van der Waals surface area contributed by atoms with Crippen molar-refractivity contribution in [3.8, 4) is 0 Å². The van der Waals surface area contributed by atoms with Crippen LogP contribution in [-0.4, -0.2) is 34.1 Å². The lowest BCUT2D eigenvalue weighted by Crippen LogP contribution is -2.43. The molecule has 0 bridgehead atoms. The fourth-order valence-corrected chi connectivity index (χ4v) is 3.37. The van der Waals surface area contributed by atoms with Crippen LogP contribution in [0.25, 0.3) is 11.1 Å². The number of carbonyl (C=O) groups is 1. The molecule has 1 aliphatic rings. The molecular formula is C18H20ClN5O3. The molecule has 3 heterocycles. The summed E-state index contributed by atoms with van der Waals surface area (Å²) in [7, 11) is 0. The summed E-state index contributed by atoms with van der Waals surface area (Å²) < 4.78 is 10.9. The van der Waals surface area contributed by atoms with Gasteiger partial charge in [-0.15, -0.1) is 0 Å². The molecule has 1 amide bonds. The number of aromatic nitrogens is 3. The summed E-state index contributed by atoms with van der Waals surface area (Å²) in [5, 5.41) is 7.36. The summed E-state index contributed by atoms with van der Waals surface area (Å²) in [4.78, 5) is 23.3. The largest absolute Gasteiger partial charge is 0.423 e. The Balaban J connectivity index is 1.39. The van der Waals surface area contributed by atoms with Crippen LogP contribution >= 0.6 is 11.6 Å². The second-order valence-corrected chi connectivity index (χ2v) is 7.01. The number of anilines is 1. The first-order valence-electron chi connectivity index (χ1n) is 9.02. The molecule has 1 saturated heterocycles. The van der Waals surface area contributed by atoms with E-state index in [1.54, 1.807) is 18.2 Å². The fraction of sp³-hybridized carbons (Fsp3) is 0.444.